The Morgan fingerprint density at radius 3 is 2.06 bits per heavy atom. The van der Waals surface area contributed by atoms with Crippen molar-refractivity contribution in [2.24, 2.45) is 10.7 Å². The van der Waals surface area contributed by atoms with Crippen LogP contribution in [0.15, 0.2) is 96.5 Å². The lowest BCUT2D eigenvalue weighted by Gasteiger charge is -2.31. The third kappa shape index (κ3) is 8.82. The topological polar surface area (TPSA) is 140 Å². The summed E-state index contributed by atoms with van der Waals surface area (Å²) in [6, 6.07) is 24.2. The van der Waals surface area contributed by atoms with Gasteiger partial charge in [0.05, 0.1) is 6.61 Å². The number of nitrogens with two attached hydrogens (primary N) is 1. The minimum absolute atomic E-state index is 0.0348. The highest BCUT2D eigenvalue weighted by Crippen LogP contribution is 2.25. The molecule has 47 heavy (non-hydrogen) atoms. The van der Waals surface area contributed by atoms with Gasteiger partial charge in [0.1, 0.15) is 17.7 Å². The highest BCUT2D eigenvalue weighted by atomic mass is 16.6. The van der Waals surface area contributed by atoms with E-state index in [4.69, 9.17) is 15.2 Å². The van der Waals surface area contributed by atoms with Gasteiger partial charge in [-0.2, -0.15) is 4.99 Å². The van der Waals surface area contributed by atoms with Crippen molar-refractivity contribution >= 4 is 56.8 Å². The maximum Gasteiger partial charge on any atom is 0.408 e. The first-order chi connectivity index (χ1) is 22.3. The van der Waals surface area contributed by atoms with Crippen molar-refractivity contribution in [3.63, 3.8) is 0 Å². The van der Waals surface area contributed by atoms with E-state index >= 15 is 0 Å². The van der Waals surface area contributed by atoms with Gasteiger partial charge >= 0.3 is 12.1 Å². The van der Waals surface area contributed by atoms with E-state index in [2.05, 4.69) is 16.9 Å². The van der Waals surface area contributed by atoms with Crippen molar-refractivity contribution in [2.45, 2.75) is 51.8 Å². The number of rotatable bonds is 9. The Labute approximate surface area is 274 Å². The molecule has 0 saturated carbocycles. The molecule has 10 heteroatoms. The fourth-order valence-corrected chi connectivity index (χ4v) is 5.06. The van der Waals surface area contributed by atoms with Crippen LogP contribution in [0.4, 0.5) is 4.79 Å². The van der Waals surface area contributed by atoms with Gasteiger partial charge in [0.25, 0.3) is 5.91 Å². The Hall–Kier alpha value is -5.51. The lowest BCUT2D eigenvalue weighted by atomic mass is 9.95. The molecule has 0 heterocycles. The van der Waals surface area contributed by atoms with Crippen molar-refractivity contribution in [3.8, 4) is 0 Å². The van der Waals surface area contributed by atoms with Crippen LogP contribution in [-0.2, 0) is 30.3 Å². The number of fused-ring (bicyclic) bond motifs is 2. The van der Waals surface area contributed by atoms with Gasteiger partial charge < -0.3 is 25.4 Å². The van der Waals surface area contributed by atoms with Crippen LogP contribution in [0.3, 0.4) is 0 Å². The molecule has 2 atom stereocenters. The number of likely N-dealkylation sites (N-methyl/N-ethyl adjacent to an activating group) is 1. The number of benzene rings is 4. The summed E-state index contributed by atoms with van der Waals surface area (Å²) in [5.41, 5.74) is 6.58. The third-order valence-corrected chi connectivity index (χ3v) is 7.44. The fraction of sp³-hybridized carbons (Fsp3) is 0.270. The highest BCUT2D eigenvalue weighted by molar-refractivity contribution is 6.36. The molecule has 244 valence electrons. The van der Waals surface area contributed by atoms with E-state index in [1.807, 2.05) is 84.9 Å². The zero-order chi connectivity index (χ0) is 34.3. The summed E-state index contributed by atoms with van der Waals surface area (Å²) in [7, 11) is 1.43. The van der Waals surface area contributed by atoms with E-state index in [0.29, 0.717) is 5.56 Å². The van der Waals surface area contributed by atoms with Crippen molar-refractivity contribution in [2.75, 3.05) is 13.7 Å². The molecule has 10 nitrogen and oxygen atoms in total. The molecule has 0 spiro atoms. The lowest BCUT2D eigenvalue weighted by Crippen LogP contribution is -2.53. The molecule has 0 aliphatic heterocycles. The van der Waals surface area contributed by atoms with E-state index in [1.54, 1.807) is 27.7 Å². The number of hydrogen-bond donors (Lipinski definition) is 2. The summed E-state index contributed by atoms with van der Waals surface area (Å²) in [6.07, 6.45) is -0.805. The number of aliphatic imine (C=N–C) groups is 1. The standard InChI is InChI=1S/C37H40N4O6/c1-7-46-35(44)32(38)40-33(42)30(21-24-16-17-25-12-8-10-14-28(25)20-24)41(6)34(43)31(39-36(45)47-37(3,4)5)23(2)27-19-18-26-13-9-11-15-29(26)22-27/h8-20,22,30-31H,2,7,21H2,1,3-6H3,(H,39,45)(H2,38,40,42)/t30-,31-/m1/s1. The van der Waals surface area contributed by atoms with Crippen molar-refractivity contribution in [3.05, 3.63) is 103 Å². The van der Waals surface area contributed by atoms with E-state index in [-0.39, 0.29) is 18.6 Å². The number of hydrogen-bond acceptors (Lipinski definition) is 6. The molecule has 0 aliphatic rings. The fourth-order valence-electron chi connectivity index (χ4n) is 5.06. The largest absolute Gasteiger partial charge is 0.460 e. The Bertz CT molecular complexity index is 1860. The van der Waals surface area contributed by atoms with Crippen molar-refractivity contribution < 1.29 is 28.7 Å². The Morgan fingerprint density at radius 2 is 1.47 bits per heavy atom. The molecule has 3 amide bonds. The summed E-state index contributed by atoms with van der Waals surface area (Å²) in [4.78, 5) is 58.3. The van der Waals surface area contributed by atoms with E-state index in [9.17, 15) is 19.2 Å². The summed E-state index contributed by atoms with van der Waals surface area (Å²) < 4.78 is 10.4. The second-order valence-corrected chi connectivity index (χ2v) is 12.1. The minimum Gasteiger partial charge on any atom is -0.460 e. The number of nitrogens with zero attached hydrogens (tertiary/aromatic N) is 2. The van der Waals surface area contributed by atoms with Crippen LogP contribution in [0.1, 0.15) is 38.8 Å². The van der Waals surface area contributed by atoms with Crippen LogP contribution >= 0.6 is 0 Å². The Balaban J connectivity index is 1.74. The first-order valence-electron chi connectivity index (χ1n) is 15.2. The first-order valence-corrected chi connectivity index (χ1v) is 15.2. The molecular formula is C37H40N4O6. The predicted octanol–water partition coefficient (Wildman–Crippen LogP) is 5.42. The third-order valence-electron chi connectivity index (χ3n) is 7.44. The Kier molecular flexibility index (Phi) is 10.8. The maximum atomic E-state index is 14.4. The molecule has 0 aromatic heterocycles. The van der Waals surface area contributed by atoms with Gasteiger partial charge in [0.2, 0.25) is 11.7 Å². The number of carbonyl (C=O) groups is 4. The highest BCUT2D eigenvalue weighted by Gasteiger charge is 2.35. The van der Waals surface area contributed by atoms with Crippen LogP contribution in [0, 0.1) is 0 Å². The molecule has 0 bridgehead atoms. The van der Waals surface area contributed by atoms with Gasteiger partial charge in [-0.3, -0.25) is 9.59 Å². The average molecular weight is 637 g/mol. The first kappa shape index (κ1) is 34.4. The molecule has 0 saturated heterocycles. The lowest BCUT2D eigenvalue weighted by molar-refractivity contribution is -0.138. The van der Waals surface area contributed by atoms with E-state index < -0.39 is 47.4 Å². The van der Waals surface area contributed by atoms with Crippen LogP contribution in [0.5, 0.6) is 0 Å². The van der Waals surface area contributed by atoms with E-state index in [1.165, 1.54) is 11.9 Å². The van der Waals surface area contributed by atoms with Gasteiger partial charge in [-0.05, 0) is 72.0 Å². The SMILES string of the molecule is C=C(c1ccc2ccccc2c1)[C@@H](NC(=O)OC(C)(C)C)C(=O)N(C)[C@H](Cc1ccc2ccccc2c1)C(=O)N=C(N)C(=O)OCC. The molecular weight excluding hydrogens is 596 g/mol. The molecule has 0 unspecified atom stereocenters. The second-order valence-electron chi connectivity index (χ2n) is 12.1. The minimum atomic E-state index is -1.32. The van der Waals surface area contributed by atoms with Gasteiger partial charge in [-0.25, -0.2) is 9.59 Å². The number of carbonyl (C=O) groups excluding carboxylic acids is 4. The summed E-state index contributed by atoms with van der Waals surface area (Å²) in [5.74, 6) is -3.08. The summed E-state index contributed by atoms with van der Waals surface area (Å²) in [5, 5.41) is 6.50. The number of amidine groups is 1. The maximum absolute atomic E-state index is 14.4. The molecule has 0 radical (unpaired) electrons. The predicted molar refractivity (Wildman–Crippen MR) is 184 cm³/mol. The summed E-state index contributed by atoms with van der Waals surface area (Å²) >= 11 is 0. The normalized spacial score (nSPS) is 13.0. The van der Waals surface area contributed by atoms with Gasteiger partial charge in [0, 0.05) is 13.5 Å². The van der Waals surface area contributed by atoms with Crippen molar-refractivity contribution in [1.29, 1.82) is 0 Å². The molecule has 3 N–H and O–H groups in total. The van der Waals surface area contributed by atoms with E-state index in [0.717, 1.165) is 27.1 Å². The number of nitrogens with one attached hydrogen (secondary N) is 1. The number of esters is 1. The van der Waals surface area contributed by atoms with Gasteiger partial charge in [0.15, 0.2) is 0 Å². The molecule has 4 aromatic rings. The summed E-state index contributed by atoms with van der Waals surface area (Å²) in [6.45, 7) is 10.9. The quantitative estimate of drug-likeness (QED) is 0.142. The van der Waals surface area contributed by atoms with Crippen LogP contribution < -0.4 is 11.1 Å². The smallest absolute Gasteiger partial charge is 0.408 e. The molecule has 0 fully saturated rings. The van der Waals surface area contributed by atoms with Crippen LogP contribution in [0.25, 0.3) is 27.1 Å². The van der Waals surface area contributed by atoms with Crippen molar-refractivity contribution in [1.82, 2.24) is 10.2 Å². The molecule has 0 aliphatic carbocycles. The monoisotopic (exact) mass is 636 g/mol. The molecule has 4 rings (SSSR count). The number of alkyl carbamates (subject to hydrolysis) is 1. The van der Waals surface area contributed by atoms with Crippen LogP contribution in [-0.4, -0.2) is 66.0 Å². The zero-order valence-corrected chi connectivity index (χ0v) is 27.3. The average Bonchev–Trinajstić information content (AvgIpc) is 3.04. The van der Waals surface area contributed by atoms with Gasteiger partial charge in [-0.15, -0.1) is 0 Å². The van der Waals surface area contributed by atoms with Gasteiger partial charge in [-0.1, -0.05) is 85.4 Å². The zero-order valence-electron chi connectivity index (χ0n) is 27.3. The van der Waals surface area contributed by atoms with Crippen LogP contribution in [0.2, 0.25) is 0 Å². The second kappa shape index (κ2) is 14.7. The number of ether oxygens (including phenoxy) is 2. The number of amides is 3. The Morgan fingerprint density at radius 1 is 0.894 bits per heavy atom. The molecule has 4 aromatic carbocycles.